The van der Waals surface area contributed by atoms with E-state index in [1.807, 2.05) is 19.9 Å². The number of hydrogen-bond acceptors (Lipinski definition) is 4. The number of carbonyl (C=O) groups is 1. The monoisotopic (exact) mass is 465 g/mol. The number of halogens is 1. The molecule has 0 saturated carbocycles. The van der Waals surface area contributed by atoms with E-state index in [-0.39, 0.29) is 23.1 Å². The van der Waals surface area contributed by atoms with Crippen LogP contribution < -0.4 is 5.32 Å². The highest BCUT2D eigenvalue weighted by Crippen LogP contribution is 2.40. The third-order valence-corrected chi connectivity index (χ3v) is 11.7. The van der Waals surface area contributed by atoms with E-state index in [0.29, 0.717) is 34.8 Å². The van der Waals surface area contributed by atoms with E-state index >= 15 is 0 Å². The van der Waals surface area contributed by atoms with Gasteiger partial charge in [0.15, 0.2) is 8.32 Å². The Kier molecular flexibility index (Phi) is 7.86. The lowest BCUT2D eigenvalue weighted by Gasteiger charge is -2.42. The van der Waals surface area contributed by atoms with Crippen molar-refractivity contribution in [3.8, 4) is 6.07 Å². The van der Waals surface area contributed by atoms with Gasteiger partial charge in [0.05, 0.1) is 28.8 Å². The quantitative estimate of drug-likeness (QED) is 0.559. The molecule has 1 aromatic carbocycles. The molecule has 1 aromatic rings. The summed E-state index contributed by atoms with van der Waals surface area (Å²) in [6.07, 6.45) is -0.232. The standard InChI is InChI=1S/C23H36ClN3O3Si/c1-14(2)21(28)20-18(30-31(7,8)23(4,5)6)11-12-27(20)22(29)26-17-10-9-16(13-25)19(24)15(17)3/h9-10,14,18,20-21,28H,11-12H2,1-8H3,(H,26,29)/t18-,20-,21-/m0/s1. The highest BCUT2D eigenvalue weighted by atomic mass is 35.5. The molecule has 31 heavy (non-hydrogen) atoms. The number of nitrogens with one attached hydrogen (secondary N) is 1. The molecule has 2 rings (SSSR count). The van der Waals surface area contributed by atoms with Gasteiger partial charge in [-0.1, -0.05) is 46.2 Å². The Hall–Kier alpha value is -1.59. The second kappa shape index (κ2) is 9.49. The predicted octanol–water partition coefficient (Wildman–Crippen LogP) is 5.53. The summed E-state index contributed by atoms with van der Waals surface area (Å²) in [5, 5.41) is 23.4. The van der Waals surface area contributed by atoms with E-state index in [1.54, 1.807) is 24.0 Å². The van der Waals surface area contributed by atoms with E-state index in [0.717, 1.165) is 0 Å². The molecule has 0 aromatic heterocycles. The number of aliphatic hydroxyl groups is 1. The second-order valence-corrected chi connectivity index (χ2v) is 15.4. The summed E-state index contributed by atoms with van der Waals surface area (Å²) in [6.45, 7) is 17.1. The van der Waals surface area contributed by atoms with Crippen LogP contribution in [0.2, 0.25) is 23.2 Å². The Balaban J connectivity index is 2.29. The first-order chi connectivity index (χ1) is 14.2. The summed E-state index contributed by atoms with van der Waals surface area (Å²) in [5.74, 6) is -0.0185. The van der Waals surface area contributed by atoms with Crippen molar-refractivity contribution in [3.63, 3.8) is 0 Å². The van der Waals surface area contributed by atoms with Gasteiger partial charge in [-0.15, -0.1) is 0 Å². The molecule has 1 aliphatic rings. The summed E-state index contributed by atoms with van der Waals surface area (Å²) in [6, 6.07) is 4.60. The fourth-order valence-corrected chi connectivity index (χ4v) is 5.17. The van der Waals surface area contributed by atoms with Gasteiger partial charge in [0.2, 0.25) is 0 Å². The Morgan fingerprint density at radius 2 is 2.00 bits per heavy atom. The summed E-state index contributed by atoms with van der Waals surface area (Å²) in [5.41, 5.74) is 1.57. The van der Waals surface area contributed by atoms with Crippen molar-refractivity contribution >= 4 is 31.6 Å². The molecule has 1 heterocycles. The summed E-state index contributed by atoms with van der Waals surface area (Å²) in [7, 11) is -2.08. The normalized spacial score (nSPS) is 20.6. The van der Waals surface area contributed by atoms with Gasteiger partial charge < -0.3 is 19.7 Å². The average molecular weight is 466 g/mol. The largest absolute Gasteiger partial charge is 0.412 e. The van der Waals surface area contributed by atoms with Gasteiger partial charge in [-0.25, -0.2) is 4.79 Å². The van der Waals surface area contributed by atoms with Crippen molar-refractivity contribution in [1.82, 2.24) is 4.90 Å². The van der Waals surface area contributed by atoms with Crippen molar-refractivity contribution in [1.29, 1.82) is 5.26 Å². The van der Waals surface area contributed by atoms with E-state index < -0.39 is 20.5 Å². The van der Waals surface area contributed by atoms with E-state index in [4.69, 9.17) is 21.3 Å². The number of amides is 2. The molecule has 2 N–H and O–H groups in total. The van der Waals surface area contributed by atoms with Gasteiger partial charge in [-0.05, 0) is 55.1 Å². The van der Waals surface area contributed by atoms with E-state index in [2.05, 4.69) is 39.2 Å². The minimum Gasteiger partial charge on any atom is -0.412 e. The number of aliphatic hydroxyl groups excluding tert-OH is 1. The Morgan fingerprint density at radius 3 is 2.52 bits per heavy atom. The van der Waals surface area contributed by atoms with Crippen LogP contribution in [-0.2, 0) is 4.43 Å². The Labute approximate surface area is 192 Å². The molecule has 172 valence electrons. The fourth-order valence-electron chi connectivity index (χ4n) is 3.60. The van der Waals surface area contributed by atoms with Crippen LogP contribution in [0, 0.1) is 24.2 Å². The maximum absolute atomic E-state index is 13.2. The molecule has 0 bridgehead atoms. The fraction of sp³-hybridized carbons (Fsp3) is 0.652. The maximum atomic E-state index is 13.2. The minimum atomic E-state index is -2.08. The topological polar surface area (TPSA) is 85.6 Å². The van der Waals surface area contributed by atoms with Crippen LogP contribution in [-0.4, -0.2) is 49.1 Å². The molecule has 0 spiro atoms. The average Bonchev–Trinajstić information content (AvgIpc) is 3.06. The molecule has 1 saturated heterocycles. The highest BCUT2D eigenvalue weighted by Gasteiger charge is 2.48. The SMILES string of the molecule is Cc1c(NC(=O)N2CC[C@H](O[Si](C)(C)C(C)(C)C)[C@H]2[C@@H](O)C(C)C)ccc(C#N)c1Cl. The molecule has 6 nitrogen and oxygen atoms in total. The van der Waals surface area contributed by atoms with Gasteiger partial charge in [0, 0.05) is 12.2 Å². The number of carbonyl (C=O) groups excluding carboxylic acids is 1. The zero-order valence-electron chi connectivity index (χ0n) is 19.9. The molecule has 0 unspecified atom stereocenters. The summed E-state index contributed by atoms with van der Waals surface area (Å²) >= 11 is 6.26. The molecule has 1 fully saturated rings. The first-order valence-electron chi connectivity index (χ1n) is 10.8. The maximum Gasteiger partial charge on any atom is 0.322 e. The third kappa shape index (κ3) is 5.43. The molecule has 8 heteroatoms. The predicted molar refractivity (Wildman–Crippen MR) is 128 cm³/mol. The summed E-state index contributed by atoms with van der Waals surface area (Å²) < 4.78 is 6.65. The first-order valence-corrected chi connectivity index (χ1v) is 14.1. The number of urea groups is 1. The van der Waals surface area contributed by atoms with Crippen LogP contribution in [0.3, 0.4) is 0 Å². The number of anilines is 1. The van der Waals surface area contributed by atoms with Crippen molar-refractivity contribution in [2.75, 3.05) is 11.9 Å². The smallest absolute Gasteiger partial charge is 0.322 e. The van der Waals surface area contributed by atoms with Crippen LogP contribution in [0.1, 0.15) is 52.2 Å². The van der Waals surface area contributed by atoms with Crippen LogP contribution in [0.25, 0.3) is 0 Å². The third-order valence-electron chi connectivity index (χ3n) is 6.69. The summed E-state index contributed by atoms with van der Waals surface area (Å²) in [4.78, 5) is 14.9. The Bertz CT molecular complexity index is 861. The zero-order chi connectivity index (χ0) is 23.7. The van der Waals surface area contributed by atoms with Crippen molar-refractivity contribution in [3.05, 3.63) is 28.3 Å². The van der Waals surface area contributed by atoms with Crippen molar-refractivity contribution in [2.24, 2.45) is 5.92 Å². The minimum absolute atomic E-state index is 0.0185. The number of nitriles is 1. The van der Waals surface area contributed by atoms with Crippen LogP contribution in [0.15, 0.2) is 12.1 Å². The van der Waals surface area contributed by atoms with E-state index in [1.165, 1.54) is 0 Å². The zero-order valence-corrected chi connectivity index (χ0v) is 21.7. The first kappa shape index (κ1) is 25.7. The molecule has 3 atom stereocenters. The van der Waals surface area contributed by atoms with Gasteiger partial charge in [-0.2, -0.15) is 5.26 Å². The Morgan fingerprint density at radius 1 is 1.39 bits per heavy atom. The van der Waals surface area contributed by atoms with Crippen molar-refractivity contribution in [2.45, 2.75) is 84.3 Å². The number of hydrogen-bond donors (Lipinski definition) is 2. The number of rotatable bonds is 5. The van der Waals surface area contributed by atoms with Crippen LogP contribution in [0.4, 0.5) is 10.5 Å². The van der Waals surface area contributed by atoms with Crippen LogP contribution in [0.5, 0.6) is 0 Å². The lowest BCUT2D eigenvalue weighted by molar-refractivity contribution is 0.00879. The van der Waals surface area contributed by atoms with Gasteiger partial charge >= 0.3 is 6.03 Å². The lowest BCUT2D eigenvalue weighted by Crippen LogP contribution is -2.54. The second-order valence-electron chi connectivity index (χ2n) is 10.3. The van der Waals surface area contributed by atoms with Gasteiger partial charge in [0.1, 0.15) is 6.07 Å². The number of likely N-dealkylation sites (tertiary alicyclic amines) is 1. The molecule has 0 aliphatic carbocycles. The molecule has 2 amide bonds. The number of benzene rings is 1. The molecule has 1 aliphatic heterocycles. The highest BCUT2D eigenvalue weighted by molar-refractivity contribution is 6.74. The molecular formula is C23H36ClN3O3Si. The van der Waals surface area contributed by atoms with E-state index in [9.17, 15) is 9.90 Å². The molecular weight excluding hydrogens is 430 g/mol. The van der Waals surface area contributed by atoms with Crippen molar-refractivity contribution < 1.29 is 14.3 Å². The van der Waals surface area contributed by atoms with Crippen LogP contribution >= 0.6 is 11.6 Å². The lowest BCUT2D eigenvalue weighted by atomic mass is 9.96. The number of nitrogens with zero attached hydrogens (tertiary/aromatic N) is 2. The van der Waals surface area contributed by atoms with Gasteiger partial charge in [-0.3, -0.25) is 0 Å². The van der Waals surface area contributed by atoms with Gasteiger partial charge in [0.25, 0.3) is 0 Å². The molecule has 0 radical (unpaired) electrons.